The highest BCUT2D eigenvalue weighted by atomic mass is 32.2. The minimum absolute atomic E-state index is 0.354. The first-order valence-corrected chi connectivity index (χ1v) is 8.47. The van der Waals surface area contributed by atoms with Crippen LogP contribution in [0.25, 0.3) is 0 Å². The molecular weight excluding hydrogens is 252 g/mol. The van der Waals surface area contributed by atoms with E-state index in [2.05, 4.69) is 59.9 Å². The van der Waals surface area contributed by atoms with E-state index in [0.717, 1.165) is 11.1 Å². The highest BCUT2D eigenvalue weighted by Gasteiger charge is 2.20. The Morgan fingerprint density at radius 2 is 1.32 bits per heavy atom. The van der Waals surface area contributed by atoms with Gasteiger partial charge in [0.1, 0.15) is 5.75 Å². The lowest BCUT2D eigenvalue weighted by Gasteiger charge is -2.24. The molecule has 19 heavy (non-hydrogen) atoms. The summed E-state index contributed by atoms with van der Waals surface area (Å²) >= 11 is 1.90. The lowest BCUT2D eigenvalue weighted by molar-refractivity contribution is 0.453. The molecular formula is C17H28OS. The van der Waals surface area contributed by atoms with Crippen LogP contribution < -0.4 is 0 Å². The average molecular weight is 280 g/mol. The summed E-state index contributed by atoms with van der Waals surface area (Å²) in [6, 6.07) is 4.40. The van der Waals surface area contributed by atoms with Crippen LogP contribution >= 0.6 is 11.8 Å². The van der Waals surface area contributed by atoms with Crippen molar-refractivity contribution in [3.05, 3.63) is 28.8 Å². The van der Waals surface area contributed by atoms with Gasteiger partial charge in [-0.2, -0.15) is 11.8 Å². The van der Waals surface area contributed by atoms with E-state index < -0.39 is 0 Å². The molecule has 0 fully saturated rings. The maximum Gasteiger partial charge on any atom is 0.122 e. The van der Waals surface area contributed by atoms with Crippen LogP contribution in [0.4, 0.5) is 0 Å². The van der Waals surface area contributed by atoms with E-state index in [1.807, 2.05) is 11.8 Å². The van der Waals surface area contributed by atoms with Crippen LogP contribution in [0.2, 0.25) is 0 Å². The van der Waals surface area contributed by atoms with E-state index in [1.54, 1.807) is 0 Å². The number of rotatable bonds is 5. The summed E-state index contributed by atoms with van der Waals surface area (Å²) in [6.45, 7) is 13.1. The molecule has 0 spiro atoms. The highest BCUT2D eigenvalue weighted by molar-refractivity contribution is 7.98. The molecule has 0 saturated heterocycles. The predicted molar refractivity (Wildman–Crippen MR) is 87.4 cm³/mol. The molecule has 1 atom stereocenters. The summed E-state index contributed by atoms with van der Waals surface area (Å²) in [5.41, 5.74) is 3.52. The molecule has 0 heterocycles. The van der Waals surface area contributed by atoms with Crippen molar-refractivity contribution in [2.45, 2.75) is 58.6 Å². The Bertz CT molecular complexity index is 392. The number of benzene rings is 1. The van der Waals surface area contributed by atoms with Gasteiger partial charge in [0, 0.05) is 5.25 Å². The molecule has 0 radical (unpaired) electrons. The molecule has 1 nitrogen and oxygen atoms in total. The molecule has 0 saturated carbocycles. The van der Waals surface area contributed by atoms with E-state index in [0.29, 0.717) is 28.8 Å². The van der Waals surface area contributed by atoms with E-state index in [9.17, 15) is 5.11 Å². The van der Waals surface area contributed by atoms with Crippen LogP contribution in [0.1, 0.15) is 75.3 Å². The molecule has 0 aliphatic rings. The van der Waals surface area contributed by atoms with Crippen molar-refractivity contribution in [2.24, 2.45) is 5.92 Å². The zero-order chi connectivity index (χ0) is 14.7. The molecule has 1 aromatic carbocycles. The van der Waals surface area contributed by atoms with Gasteiger partial charge in [0.15, 0.2) is 0 Å². The monoisotopic (exact) mass is 280 g/mol. The van der Waals surface area contributed by atoms with Crippen LogP contribution in [-0.4, -0.2) is 11.4 Å². The molecule has 2 heteroatoms. The highest BCUT2D eigenvalue weighted by Crippen LogP contribution is 2.41. The van der Waals surface area contributed by atoms with E-state index in [1.165, 1.54) is 5.56 Å². The van der Waals surface area contributed by atoms with E-state index >= 15 is 0 Å². The fourth-order valence-electron chi connectivity index (χ4n) is 2.54. The van der Waals surface area contributed by atoms with Crippen molar-refractivity contribution in [2.75, 3.05) is 6.26 Å². The average Bonchev–Trinajstić information content (AvgIpc) is 2.30. The molecule has 0 amide bonds. The SMILES string of the molecule is CSC(c1cc(C(C)C)c(O)c(C(C)C)c1)C(C)C. The van der Waals surface area contributed by atoms with Crippen molar-refractivity contribution in [1.29, 1.82) is 0 Å². The topological polar surface area (TPSA) is 20.2 Å². The van der Waals surface area contributed by atoms with Crippen LogP contribution in [-0.2, 0) is 0 Å². The number of phenols is 1. The zero-order valence-corrected chi connectivity index (χ0v) is 14.1. The molecule has 0 aliphatic carbocycles. The van der Waals surface area contributed by atoms with Crippen LogP contribution in [0, 0.1) is 5.92 Å². The van der Waals surface area contributed by atoms with Crippen molar-refractivity contribution < 1.29 is 5.11 Å². The molecule has 1 N–H and O–H groups in total. The molecule has 1 unspecified atom stereocenters. The van der Waals surface area contributed by atoms with Gasteiger partial charge in [0.25, 0.3) is 0 Å². The first-order chi connectivity index (χ1) is 8.79. The number of aromatic hydroxyl groups is 1. The van der Waals surface area contributed by atoms with Gasteiger partial charge in [-0.05, 0) is 40.7 Å². The van der Waals surface area contributed by atoms with Gasteiger partial charge in [-0.15, -0.1) is 0 Å². The van der Waals surface area contributed by atoms with Gasteiger partial charge >= 0.3 is 0 Å². The van der Waals surface area contributed by atoms with Crippen LogP contribution in [0.5, 0.6) is 5.75 Å². The van der Waals surface area contributed by atoms with Crippen molar-refractivity contribution in [1.82, 2.24) is 0 Å². The summed E-state index contributed by atoms with van der Waals surface area (Å²) in [7, 11) is 0. The Kier molecular flexibility index (Phi) is 5.79. The van der Waals surface area contributed by atoms with Crippen molar-refractivity contribution in [3.8, 4) is 5.75 Å². The molecule has 108 valence electrons. The van der Waals surface area contributed by atoms with Crippen LogP contribution in [0.15, 0.2) is 12.1 Å². The normalized spacial score (nSPS) is 13.6. The maximum absolute atomic E-state index is 10.4. The second-order valence-corrected chi connectivity index (χ2v) is 7.24. The molecule has 0 aromatic heterocycles. The Morgan fingerprint density at radius 3 is 1.58 bits per heavy atom. The zero-order valence-electron chi connectivity index (χ0n) is 13.3. The Labute approximate surface area is 122 Å². The van der Waals surface area contributed by atoms with Gasteiger partial charge in [0.05, 0.1) is 0 Å². The summed E-state index contributed by atoms with van der Waals surface area (Å²) < 4.78 is 0. The largest absolute Gasteiger partial charge is 0.507 e. The lowest BCUT2D eigenvalue weighted by atomic mass is 9.89. The second-order valence-electron chi connectivity index (χ2n) is 6.26. The minimum atomic E-state index is 0.354. The maximum atomic E-state index is 10.4. The van der Waals surface area contributed by atoms with E-state index in [4.69, 9.17) is 0 Å². The Hall–Kier alpha value is -0.630. The van der Waals surface area contributed by atoms with Gasteiger partial charge in [-0.25, -0.2) is 0 Å². The van der Waals surface area contributed by atoms with Crippen molar-refractivity contribution >= 4 is 11.8 Å². The summed E-state index contributed by atoms with van der Waals surface area (Å²) in [6.07, 6.45) is 2.17. The smallest absolute Gasteiger partial charge is 0.122 e. The van der Waals surface area contributed by atoms with Gasteiger partial charge < -0.3 is 5.11 Å². The fourth-order valence-corrected chi connectivity index (χ4v) is 3.49. The third-order valence-corrected chi connectivity index (χ3v) is 4.95. The first kappa shape index (κ1) is 16.4. The third-order valence-electron chi connectivity index (χ3n) is 3.62. The Morgan fingerprint density at radius 1 is 0.895 bits per heavy atom. The summed E-state index contributed by atoms with van der Waals surface area (Å²) in [5, 5.41) is 10.9. The molecule has 0 aliphatic heterocycles. The Balaban J connectivity index is 3.41. The number of thioether (sulfide) groups is 1. The first-order valence-electron chi connectivity index (χ1n) is 7.19. The second kappa shape index (κ2) is 6.69. The number of hydrogen-bond donors (Lipinski definition) is 1. The minimum Gasteiger partial charge on any atom is -0.507 e. The lowest BCUT2D eigenvalue weighted by Crippen LogP contribution is -2.06. The van der Waals surface area contributed by atoms with Gasteiger partial charge in [0.2, 0.25) is 0 Å². The van der Waals surface area contributed by atoms with Gasteiger partial charge in [-0.1, -0.05) is 53.7 Å². The standard InChI is InChI=1S/C17H28OS/c1-10(2)14-8-13(17(19-7)12(5)6)9-15(11(3)4)16(14)18/h8-12,17-18H,1-7H3. The van der Waals surface area contributed by atoms with Crippen LogP contribution in [0.3, 0.4) is 0 Å². The van der Waals surface area contributed by atoms with E-state index in [-0.39, 0.29) is 0 Å². The third kappa shape index (κ3) is 3.68. The fraction of sp³-hybridized carbons (Fsp3) is 0.647. The number of phenolic OH excluding ortho intramolecular Hbond substituents is 1. The van der Waals surface area contributed by atoms with Crippen molar-refractivity contribution in [3.63, 3.8) is 0 Å². The summed E-state index contributed by atoms with van der Waals surface area (Å²) in [5.74, 6) is 1.80. The summed E-state index contributed by atoms with van der Waals surface area (Å²) in [4.78, 5) is 0. The number of hydrogen-bond acceptors (Lipinski definition) is 2. The quantitative estimate of drug-likeness (QED) is 0.746. The molecule has 1 rings (SSSR count). The van der Waals surface area contributed by atoms with Gasteiger partial charge in [-0.3, -0.25) is 0 Å². The molecule has 0 bridgehead atoms. The molecule has 1 aromatic rings. The predicted octanol–water partition coefficient (Wildman–Crippen LogP) is 5.70.